The molecule has 0 aromatic carbocycles. The van der Waals surface area contributed by atoms with Gasteiger partial charge in [-0.15, -0.1) is 0 Å². The average Bonchev–Trinajstić information content (AvgIpc) is 2.64. The number of hydrogen-bond acceptors (Lipinski definition) is 8. The zero-order valence-corrected chi connectivity index (χ0v) is 15.4. The minimum Gasteiger partial charge on any atom is -0.394 e. The van der Waals surface area contributed by atoms with E-state index < -0.39 is 0 Å². The highest BCUT2D eigenvalue weighted by atomic mass is 16.5. The normalized spacial score (nSPS) is 32.8. The van der Waals surface area contributed by atoms with Crippen molar-refractivity contribution in [3.63, 3.8) is 0 Å². The van der Waals surface area contributed by atoms with Crippen LogP contribution in [-0.2, 0) is 18.9 Å². The second kappa shape index (κ2) is 13.8. The van der Waals surface area contributed by atoms with Gasteiger partial charge < -0.3 is 29.4 Å². The molecule has 0 aliphatic carbocycles. The first-order chi connectivity index (χ1) is 12.4. The van der Waals surface area contributed by atoms with Crippen molar-refractivity contribution in [2.75, 3.05) is 105 Å². The summed E-state index contributed by atoms with van der Waals surface area (Å²) in [5.74, 6) is 0. The Bertz CT molecular complexity index is 325. The van der Waals surface area contributed by atoms with Gasteiger partial charge in [0.1, 0.15) is 6.10 Å². The second-order valence-corrected chi connectivity index (χ2v) is 6.41. The van der Waals surface area contributed by atoms with Crippen LogP contribution in [0.15, 0.2) is 0 Å². The van der Waals surface area contributed by atoms with Gasteiger partial charge in [0.15, 0.2) is 0 Å². The molecule has 3 unspecified atom stereocenters. The molecule has 2 saturated heterocycles. The molecule has 0 saturated carbocycles. The molecule has 8 nitrogen and oxygen atoms in total. The van der Waals surface area contributed by atoms with Gasteiger partial charge >= 0.3 is 0 Å². The van der Waals surface area contributed by atoms with Crippen LogP contribution in [0.2, 0.25) is 0 Å². The van der Waals surface area contributed by atoms with Crippen LogP contribution in [0.5, 0.6) is 0 Å². The Kier molecular flexibility index (Phi) is 11.6. The molecule has 0 amide bonds. The maximum Gasteiger partial charge on any atom is 0.104 e. The van der Waals surface area contributed by atoms with Gasteiger partial charge in [-0.05, 0) is 0 Å². The van der Waals surface area contributed by atoms with E-state index in [0.29, 0.717) is 46.2 Å². The highest BCUT2D eigenvalue weighted by Crippen LogP contribution is 1.98. The van der Waals surface area contributed by atoms with Crippen molar-refractivity contribution >= 4 is 0 Å². The number of fused-ring (bicyclic) bond motifs is 6. The molecular formula is C17H35N3O5. The summed E-state index contributed by atoms with van der Waals surface area (Å²) in [4.78, 5) is 4.68. The number of nitrogens with zero attached hydrogens (tertiary/aromatic N) is 2. The minimum atomic E-state index is -0.253. The minimum absolute atomic E-state index is 0.0117. The summed E-state index contributed by atoms with van der Waals surface area (Å²) in [6.07, 6.45) is -0.253. The molecule has 2 rings (SSSR count). The number of aliphatic hydroxyl groups is 1. The van der Waals surface area contributed by atoms with Crippen LogP contribution in [-0.4, -0.2) is 126 Å². The standard InChI is InChI=1S/C17H35N3O5/c21-15-17-16-24-11-7-19-3-1-18-2-4-20(8-12-25-17)6-10-23-14-13-22-9-5-19/h17-18,21H,1-16H2. The molecule has 2 N–H and O–H groups in total. The first-order valence-corrected chi connectivity index (χ1v) is 9.49. The van der Waals surface area contributed by atoms with Crippen molar-refractivity contribution in [2.45, 2.75) is 6.10 Å². The number of ether oxygens (including phenoxy) is 4. The lowest BCUT2D eigenvalue weighted by molar-refractivity contribution is -0.0520. The van der Waals surface area contributed by atoms with Gasteiger partial charge in [0.25, 0.3) is 0 Å². The Balaban J connectivity index is 1.93. The number of hydrogen-bond donors (Lipinski definition) is 2. The van der Waals surface area contributed by atoms with Gasteiger partial charge in [-0.25, -0.2) is 0 Å². The highest BCUT2D eigenvalue weighted by molar-refractivity contribution is 4.65. The maximum atomic E-state index is 9.45. The SMILES string of the molecule is OCC1COCCN2CCNCCN(CCOCCOCC2)CCO1. The van der Waals surface area contributed by atoms with E-state index in [0.717, 1.165) is 52.4 Å². The third-order valence-corrected chi connectivity index (χ3v) is 4.51. The molecule has 148 valence electrons. The highest BCUT2D eigenvalue weighted by Gasteiger charge is 2.13. The summed E-state index contributed by atoms with van der Waals surface area (Å²) in [6, 6.07) is 0. The maximum absolute atomic E-state index is 9.45. The molecule has 2 heterocycles. The van der Waals surface area contributed by atoms with Crippen molar-refractivity contribution in [1.82, 2.24) is 15.1 Å². The predicted octanol–water partition coefficient (Wildman–Crippen LogP) is -1.37. The molecule has 3 atom stereocenters. The lowest BCUT2D eigenvalue weighted by Crippen LogP contribution is -2.40. The topological polar surface area (TPSA) is 75.7 Å². The molecule has 2 aliphatic rings. The average molecular weight is 361 g/mol. The van der Waals surface area contributed by atoms with Crippen LogP contribution in [0.4, 0.5) is 0 Å². The van der Waals surface area contributed by atoms with Crippen molar-refractivity contribution < 1.29 is 24.1 Å². The number of nitrogens with one attached hydrogen (secondary N) is 1. The Morgan fingerprint density at radius 1 is 0.720 bits per heavy atom. The first-order valence-electron chi connectivity index (χ1n) is 9.49. The third kappa shape index (κ3) is 9.81. The molecule has 2 fully saturated rings. The monoisotopic (exact) mass is 361 g/mol. The van der Waals surface area contributed by atoms with E-state index in [1.807, 2.05) is 0 Å². The summed E-state index contributed by atoms with van der Waals surface area (Å²) in [5.41, 5.74) is 0. The van der Waals surface area contributed by atoms with E-state index in [1.165, 1.54) is 0 Å². The Hall–Kier alpha value is -0.320. The van der Waals surface area contributed by atoms with Crippen molar-refractivity contribution in [3.8, 4) is 0 Å². The molecule has 0 spiro atoms. The van der Waals surface area contributed by atoms with Crippen LogP contribution >= 0.6 is 0 Å². The molecule has 0 aromatic heterocycles. The summed E-state index contributed by atoms with van der Waals surface area (Å²) >= 11 is 0. The van der Waals surface area contributed by atoms with Crippen molar-refractivity contribution in [1.29, 1.82) is 0 Å². The van der Waals surface area contributed by atoms with Crippen LogP contribution in [0.1, 0.15) is 0 Å². The van der Waals surface area contributed by atoms with E-state index in [4.69, 9.17) is 18.9 Å². The lowest BCUT2D eigenvalue weighted by Gasteiger charge is -2.23. The van der Waals surface area contributed by atoms with Gasteiger partial charge in [0, 0.05) is 52.4 Å². The van der Waals surface area contributed by atoms with E-state index >= 15 is 0 Å². The Labute approximate surface area is 151 Å². The zero-order chi connectivity index (χ0) is 17.6. The molecule has 2 bridgehead atoms. The molecule has 25 heavy (non-hydrogen) atoms. The predicted molar refractivity (Wildman–Crippen MR) is 95.0 cm³/mol. The quantitative estimate of drug-likeness (QED) is 0.555. The largest absolute Gasteiger partial charge is 0.394 e. The second-order valence-electron chi connectivity index (χ2n) is 6.41. The summed E-state index contributed by atoms with van der Waals surface area (Å²) < 4.78 is 22.8. The third-order valence-electron chi connectivity index (χ3n) is 4.51. The summed E-state index contributed by atoms with van der Waals surface area (Å²) in [7, 11) is 0. The van der Waals surface area contributed by atoms with Gasteiger partial charge in [-0.2, -0.15) is 0 Å². The zero-order valence-electron chi connectivity index (χ0n) is 15.4. The Morgan fingerprint density at radius 3 is 1.88 bits per heavy atom. The van der Waals surface area contributed by atoms with Crippen molar-refractivity contribution in [2.24, 2.45) is 0 Å². The summed E-state index contributed by atoms with van der Waals surface area (Å²) in [6.45, 7) is 11.6. The van der Waals surface area contributed by atoms with Crippen LogP contribution in [0.25, 0.3) is 0 Å². The number of rotatable bonds is 1. The van der Waals surface area contributed by atoms with Crippen molar-refractivity contribution in [3.05, 3.63) is 0 Å². The van der Waals surface area contributed by atoms with E-state index in [-0.39, 0.29) is 12.7 Å². The van der Waals surface area contributed by atoms with Gasteiger partial charge in [0.05, 0.1) is 52.9 Å². The first kappa shape index (κ1) is 21.0. The fourth-order valence-electron chi connectivity index (χ4n) is 2.89. The van der Waals surface area contributed by atoms with Gasteiger partial charge in [-0.1, -0.05) is 0 Å². The van der Waals surface area contributed by atoms with Gasteiger partial charge in [-0.3, -0.25) is 9.80 Å². The molecule has 8 heteroatoms. The van der Waals surface area contributed by atoms with E-state index in [1.54, 1.807) is 0 Å². The van der Waals surface area contributed by atoms with E-state index in [9.17, 15) is 5.11 Å². The van der Waals surface area contributed by atoms with Crippen LogP contribution < -0.4 is 5.32 Å². The lowest BCUT2D eigenvalue weighted by atomic mass is 10.4. The molecular weight excluding hydrogens is 326 g/mol. The molecule has 2 aliphatic heterocycles. The summed E-state index contributed by atoms with van der Waals surface area (Å²) in [5, 5.41) is 13.0. The van der Waals surface area contributed by atoms with E-state index in [2.05, 4.69) is 15.1 Å². The number of aliphatic hydroxyl groups excluding tert-OH is 1. The fourth-order valence-corrected chi connectivity index (χ4v) is 2.89. The smallest absolute Gasteiger partial charge is 0.104 e. The van der Waals surface area contributed by atoms with Crippen LogP contribution in [0, 0.1) is 0 Å². The van der Waals surface area contributed by atoms with Gasteiger partial charge in [0.2, 0.25) is 0 Å². The molecule has 0 aromatic rings. The molecule has 0 radical (unpaired) electrons. The fraction of sp³-hybridized carbons (Fsp3) is 1.00. The van der Waals surface area contributed by atoms with Crippen LogP contribution in [0.3, 0.4) is 0 Å². The Morgan fingerprint density at radius 2 is 1.28 bits per heavy atom.